The van der Waals surface area contributed by atoms with Crippen LogP contribution in [0, 0.1) is 11.8 Å². The molecule has 0 bridgehead atoms. The predicted octanol–water partition coefficient (Wildman–Crippen LogP) is 1.95. The number of rotatable bonds is 3. The van der Waals surface area contributed by atoms with Crippen molar-refractivity contribution in [1.29, 1.82) is 0 Å². The first-order chi connectivity index (χ1) is 8.70. The molecule has 1 aliphatic carbocycles. The van der Waals surface area contributed by atoms with Gasteiger partial charge >= 0.3 is 6.03 Å². The number of nitrogens with two attached hydrogens (primary N) is 1. The van der Waals surface area contributed by atoms with Crippen LogP contribution in [-0.4, -0.2) is 36.6 Å². The van der Waals surface area contributed by atoms with E-state index in [1.807, 2.05) is 4.90 Å². The van der Waals surface area contributed by atoms with Gasteiger partial charge in [0, 0.05) is 25.7 Å². The maximum absolute atomic E-state index is 12.2. The van der Waals surface area contributed by atoms with Crippen molar-refractivity contribution in [3.8, 4) is 0 Å². The minimum Gasteiger partial charge on any atom is -0.334 e. The van der Waals surface area contributed by atoms with Gasteiger partial charge < -0.3 is 16.0 Å². The Hall–Kier alpha value is -0.770. The second-order valence-corrected chi connectivity index (χ2v) is 6.03. The number of urea groups is 1. The van der Waals surface area contributed by atoms with Gasteiger partial charge in [-0.2, -0.15) is 0 Å². The van der Waals surface area contributed by atoms with E-state index < -0.39 is 0 Å². The normalized spacial score (nSPS) is 27.2. The van der Waals surface area contributed by atoms with Crippen LogP contribution < -0.4 is 11.1 Å². The average molecular weight is 253 g/mol. The fourth-order valence-electron chi connectivity index (χ4n) is 3.35. The Kier molecular flexibility index (Phi) is 4.87. The topological polar surface area (TPSA) is 58.4 Å². The monoisotopic (exact) mass is 253 g/mol. The van der Waals surface area contributed by atoms with E-state index in [1.54, 1.807) is 0 Å². The van der Waals surface area contributed by atoms with Crippen molar-refractivity contribution in [2.24, 2.45) is 17.6 Å². The van der Waals surface area contributed by atoms with E-state index in [0.717, 1.165) is 19.5 Å². The molecule has 0 radical (unpaired) electrons. The van der Waals surface area contributed by atoms with E-state index in [1.165, 1.54) is 32.1 Å². The summed E-state index contributed by atoms with van der Waals surface area (Å²) >= 11 is 0. The fourth-order valence-corrected chi connectivity index (χ4v) is 3.35. The van der Waals surface area contributed by atoms with Gasteiger partial charge in [-0.1, -0.05) is 19.8 Å². The third-order valence-corrected chi connectivity index (χ3v) is 4.48. The van der Waals surface area contributed by atoms with Gasteiger partial charge in [0.1, 0.15) is 0 Å². The smallest absolute Gasteiger partial charge is 0.317 e. The Bertz CT molecular complexity index is 276. The predicted molar refractivity (Wildman–Crippen MR) is 73.3 cm³/mol. The quantitative estimate of drug-likeness (QED) is 0.807. The second-order valence-electron chi connectivity index (χ2n) is 6.03. The summed E-state index contributed by atoms with van der Waals surface area (Å²) in [4.78, 5) is 14.2. The summed E-state index contributed by atoms with van der Waals surface area (Å²) in [6, 6.07) is 0.279. The van der Waals surface area contributed by atoms with Crippen molar-refractivity contribution in [2.45, 2.75) is 51.5 Å². The maximum atomic E-state index is 12.2. The molecule has 2 unspecified atom stereocenters. The molecule has 2 atom stereocenters. The number of piperidine rings is 1. The fraction of sp³-hybridized carbons (Fsp3) is 0.929. The molecule has 0 spiro atoms. The number of likely N-dealkylation sites (tertiary alicyclic amines) is 1. The van der Waals surface area contributed by atoms with Crippen molar-refractivity contribution in [3.05, 3.63) is 0 Å². The van der Waals surface area contributed by atoms with Crippen LogP contribution in [0.3, 0.4) is 0 Å². The summed E-state index contributed by atoms with van der Waals surface area (Å²) in [5, 5.41) is 3.16. The highest BCUT2D eigenvalue weighted by Crippen LogP contribution is 2.27. The van der Waals surface area contributed by atoms with E-state index in [2.05, 4.69) is 12.2 Å². The minimum atomic E-state index is 0.101. The summed E-state index contributed by atoms with van der Waals surface area (Å²) < 4.78 is 0. The van der Waals surface area contributed by atoms with Gasteiger partial charge in [-0.3, -0.25) is 0 Å². The molecule has 1 saturated heterocycles. The van der Waals surface area contributed by atoms with Crippen LogP contribution in [0.15, 0.2) is 0 Å². The first-order valence-corrected chi connectivity index (χ1v) is 7.46. The van der Waals surface area contributed by atoms with Gasteiger partial charge in [0.25, 0.3) is 0 Å². The van der Waals surface area contributed by atoms with E-state index in [0.29, 0.717) is 18.4 Å². The largest absolute Gasteiger partial charge is 0.334 e. The Morgan fingerprint density at radius 1 is 1.33 bits per heavy atom. The van der Waals surface area contributed by atoms with Crippen LogP contribution >= 0.6 is 0 Å². The summed E-state index contributed by atoms with van der Waals surface area (Å²) in [5.41, 5.74) is 5.82. The van der Waals surface area contributed by atoms with Crippen LogP contribution in [-0.2, 0) is 0 Å². The molecule has 2 fully saturated rings. The average Bonchev–Trinajstić information content (AvgIpc) is 2.89. The molecule has 2 aliphatic rings. The van der Waals surface area contributed by atoms with Gasteiger partial charge in [0.05, 0.1) is 0 Å². The number of nitrogens with one attached hydrogen (secondary N) is 1. The third kappa shape index (κ3) is 3.37. The molecule has 104 valence electrons. The lowest BCUT2D eigenvalue weighted by atomic mass is 9.98. The zero-order valence-corrected chi connectivity index (χ0v) is 11.5. The minimum absolute atomic E-state index is 0.101. The number of carbonyl (C=O) groups is 1. The highest BCUT2D eigenvalue weighted by Gasteiger charge is 2.28. The van der Waals surface area contributed by atoms with E-state index in [9.17, 15) is 4.79 Å². The van der Waals surface area contributed by atoms with Crippen molar-refractivity contribution in [2.75, 3.05) is 19.6 Å². The van der Waals surface area contributed by atoms with Gasteiger partial charge in [0.15, 0.2) is 0 Å². The molecule has 2 rings (SSSR count). The highest BCUT2D eigenvalue weighted by atomic mass is 16.2. The van der Waals surface area contributed by atoms with Gasteiger partial charge in [0.2, 0.25) is 0 Å². The van der Waals surface area contributed by atoms with E-state index in [4.69, 9.17) is 5.73 Å². The van der Waals surface area contributed by atoms with Crippen molar-refractivity contribution in [1.82, 2.24) is 10.2 Å². The molecule has 4 heteroatoms. The second kappa shape index (κ2) is 6.41. The van der Waals surface area contributed by atoms with Crippen molar-refractivity contribution >= 4 is 6.03 Å². The molecular weight excluding hydrogens is 226 g/mol. The van der Waals surface area contributed by atoms with Crippen LogP contribution in [0.25, 0.3) is 0 Å². The number of amides is 2. The molecule has 0 aromatic carbocycles. The van der Waals surface area contributed by atoms with Crippen molar-refractivity contribution in [3.63, 3.8) is 0 Å². The molecule has 2 amide bonds. The van der Waals surface area contributed by atoms with E-state index >= 15 is 0 Å². The van der Waals surface area contributed by atoms with Crippen LogP contribution in [0.4, 0.5) is 4.79 Å². The SMILES string of the molecule is CC1CCCN(C(=O)NC(CN)C2CCCC2)C1. The van der Waals surface area contributed by atoms with Crippen LogP contribution in [0.1, 0.15) is 45.4 Å². The number of hydrogen-bond acceptors (Lipinski definition) is 2. The maximum Gasteiger partial charge on any atom is 0.317 e. The third-order valence-electron chi connectivity index (χ3n) is 4.48. The first-order valence-electron chi connectivity index (χ1n) is 7.46. The lowest BCUT2D eigenvalue weighted by Gasteiger charge is -2.33. The lowest BCUT2D eigenvalue weighted by Crippen LogP contribution is -2.52. The standard InChI is InChI=1S/C14H27N3O/c1-11-5-4-8-17(10-11)14(18)16-13(9-15)12-6-2-3-7-12/h11-13H,2-10,15H2,1H3,(H,16,18). The lowest BCUT2D eigenvalue weighted by molar-refractivity contribution is 0.163. The molecule has 1 saturated carbocycles. The molecule has 0 aromatic heterocycles. The zero-order valence-electron chi connectivity index (χ0n) is 11.5. The molecule has 3 N–H and O–H groups in total. The van der Waals surface area contributed by atoms with Crippen LogP contribution in [0.2, 0.25) is 0 Å². The zero-order chi connectivity index (χ0) is 13.0. The molecule has 0 aromatic rings. The number of hydrogen-bond donors (Lipinski definition) is 2. The Labute approximate surface area is 110 Å². The molecule has 1 aliphatic heterocycles. The first kappa shape index (κ1) is 13.7. The molecule has 18 heavy (non-hydrogen) atoms. The molecular formula is C14H27N3O. The summed E-state index contributed by atoms with van der Waals surface area (Å²) in [6.07, 6.45) is 7.39. The number of carbonyl (C=O) groups excluding carboxylic acids is 1. The summed E-state index contributed by atoms with van der Waals surface area (Å²) in [6.45, 7) is 4.59. The Morgan fingerprint density at radius 3 is 2.67 bits per heavy atom. The summed E-state index contributed by atoms with van der Waals surface area (Å²) in [5.74, 6) is 1.23. The Morgan fingerprint density at radius 2 is 2.06 bits per heavy atom. The Balaban J connectivity index is 1.84. The number of nitrogens with zero attached hydrogens (tertiary/aromatic N) is 1. The van der Waals surface area contributed by atoms with E-state index in [-0.39, 0.29) is 12.1 Å². The van der Waals surface area contributed by atoms with Crippen LogP contribution in [0.5, 0.6) is 0 Å². The van der Waals surface area contributed by atoms with Crippen molar-refractivity contribution < 1.29 is 4.79 Å². The molecule has 1 heterocycles. The summed E-state index contributed by atoms with van der Waals surface area (Å²) in [7, 11) is 0. The molecule has 4 nitrogen and oxygen atoms in total. The highest BCUT2D eigenvalue weighted by molar-refractivity contribution is 5.74. The van der Waals surface area contributed by atoms with Gasteiger partial charge in [-0.15, -0.1) is 0 Å². The van der Waals surface area contributed by atoms with Gasteiger partial charge in [-0.05, 0) is 37.5 Å². The van der Waals surface area contributed by atoms with Gasteiger partial charge in [-0.25, -0.2) is 4.79 Å².